The normalized spacial score (nSPS) is 15.7. The summed E-state index contributed by atoms with van der Waals surface area (Å²) in [7, 11) is -4.10. The number of carbonyl (C=O) groups is 1. The lowest BCUT2D eigenvalue weighted by atomic mass is 9.78. The van der Waals surface area contributed by atoms with Crippen LogP contribution in [0.15, 0.2) is 64.9 Å². The standard InChI is InChI=1S/C22H22FNO5S2/c1-22(2,16-6-4-3-5-7-16)20(21(26)27)24-31(28,29)19-11-9-15(13-30-19)14-8-10-18(25)17(23)12-14/h3-12,20,24-25H,13H2,1-2H3,(H,26,27). The van der Waals surface area contributed by atoms with E-state index in [0.29, 0.717) is 16.7 Å². The summed E-state index contributed by atoms with van der Waals surface area (Å²) < 4.78 is 41.8. The minimum absolute atomic E-state index is 0.0226. The number of rotatable bonds is 7. The fourth-order valence-corrected chi connectivity index (χ4v) is 5.96. The Balaban J connectivity index is 1.87. The van der Waals surface area contributed by atoms with E-state index in [2.05, 4.69) is 4.72 Å². The lowest BCUT2D eigenvalue weighted by Gasteiger charge is -2.32. The number of halogens is 1. The van der Waals surface area contributed by atoms with E-state index in [4.69, 9.17) is 0 Å². The number of aromatic hydroxyl groups is 1. The quantitative estimate of drug-likeness (QED) is 0.576. The zero-order valence-electron chi connectivity index (χ0n) is 16.9. The number of thioether (sulfide) groups is 1. The molecule has 0 saturated carbocycles. The molecule has 9 heteroatoms. The summed E-state index contributed by atoms with van der Waals surface area (Å²) in [5.41, 5.74) is 0.885. The maximum atomic E-state index is 13.6. The predicted octanol–water partition coefficient (Wildman–Crippen LogP) is 3.85. The van der Waals surface area contributed by atoms with Crippen molar-refractivity contribution in [2.75, 3.05) is 5.75 Å². The van der Waals surface area contributed by atoms with Crippen LogP contribution in [0.1, 0.15) is 25.0 Å². The molecule has 0 radical (unpaired) electrons. The molecule has 0 amide bonds. The molecule has 1 atom stereocenters. The van der Waals surface area contributed by atoms with E-state index in [1.165, 1.54) is 18.2 Å². The molecule has 0 bridgehead atoms. The zero-order chi connectivity index (χ0) is 22.8. The first-order valence-electron chi connectivity index (χ1n) is 9.35. The fourth-order valence-electron chi connectivity index (χ4n) is 3.22. The molecule has 3 rings (SSSR count). The van der Waals surface area contributed by atoms with Gasteiger partial charge in [-0.2, -0.15) is 4.72 Å². The van der Waals surface area contributed by atoms with Gasteiger partial charge >= 0.3 is 5.97 Å². The molecule has 0 aliphatic carbocycles. The van der Waals surface area contributed by atoms with Crippen molar-refractivity contribution in [2.45, 2.75) is 25.3 Å². The van der Waals surface area contributed by atoms with E-state index in [-0.39, 0.29) is 9.99 Å². The van der Waals surface area contributed by atoms with Crippen LogP contribution in [-0.4, -0.2) is 36.4 Å². The third-order valence-electron chi connectivity index (χ3n) is 5.13. The van der Waals surface area contributed by atoms with Gasteiger partial charge in [-0.1, -0.05) is 56.3 Å². The van der Waals surface area contributed by atoms with Gasteiger partial charge in [-0.25, -0.2) is 12.8 Å². The van der Waals surface area contributed by atoms with Gasteiger partial charge in [-0.05, 0) is 34.9 Å². The highest BCUT2D eigenvalue weighted by Crippen LogP contribution is 2.35. The molecule has 0 fully saturated rings. The highest BCUT2D eigenvalue weighted by Gasteiger charge is 2.40. The Morgan fingerprint density at radius 1 is 1.16 bits per heavy atom. The molecule has 1 unspecified atom stereocenters. The number of aliphatic carboxylic acids is 1. The van der Waals surface area contributed by atoms with Crippen LogP contribution in [0.3, 0.4) is 0 Å². The zero-order valence-corrected chi connectivity index (χ0v) is 18.5. The minimum Gasteiger partial charge on any atom is -0.505 e. The summed E-state index contributed by atoms with van der Waals surface area (Å²) in [6, 6.07) is 11.4. The van der Waals surface area contributed by atoms with E-state index < -0.39 is 39.0 Å². The summed E-state index contributed by atoms with van der Waals surface area (Å²) in [6.45, 7) is 3.34. The monoisotopic (exact) mass is 463 g/mol. The summed E-state index contributed by atoms with van der Waals surface area (Å²) in [6.07, 6.45) is 2.92. The van der Waals surface area contributed by atoms with E-state index in [1.807, 2.05) is 0 Å². The second-order valence-corrected chi connectivity index (χ2v) is 10.6. The number of sulfonamides is 1. The highest BCUT2D eigenvalue weighted by atomic mass is 32.3. The molecular formula is C22H22FNO5S2. The number of carboxylic acids is 1. The average Bonchev–Trinajstić information content (AvgIpc) is 2.74. The molecule has 31 heavy (non-hydrogen) atoms. The second-order valence-electron chi connectivity index (χ2n) is 7.61. The van der Waals surface area contributed by atoms with Gasteiger partial charge in [-0.3, -0.25) is 4.79 Å². The third-order valence-corrected chi connectivity index (χ3v) is 8.23. The number of nitrogens with one attached hydrogen (secondary N) is 1. The van der Waals surface area contributed by atoms with Gasteiger partial charge in [0.15, 0.2) is 11.6 Å². The number of hydrogen-bond acceptors (Lipinski definition) is 5. The maximum Gasteiger partial charge on any atom is 0.322 e. The molecule has 1 aliphatic rings. The smallest absolute Gasteiger partial charge is 0.322 e. The van der Waals surface area contributed by atoms with E-state index in [0.717, 1.165) is 11.8 Å². The Labute approximate surface area is 184 Å². The van der Waals surface area contributed by atoms with Gasteiger partial charge in [-0.15, -0.1) is 11.8 Å². The van der Waals surface area contributed by atoms with Crippen molar-refractivity contribution in [2.24, 2.45) is 0 Å². The summed E-state index contributed by atoms with van der Waals surface area (Å²) in [5, 5.41) is 19.1. The fraction of sp³-hybridized carbons (Fsp3) is 0.227. The number of carboxylic acid groups (broad SMARTS) is 1. The Morgan fingerprint density at radius 2 is 1.84 bits per heavy atom. The van der Waals surface area contributed by atoms with Crippen molar-refractivity contribution in [1.82, 2.24) is 4.72 Å². The number of hydrogen-bond donors (Lipinski definition) is 3. The number of allylic oxidation sites excluding steroid dienone is 2. The molecule has 0 saturated heterocycles. The van der Waals surface area contributed by atoms with E-state index >= 15 is 0 Å². The van der Waals surface area contributed by atoms with Gasteiger partial charge in [0.2, 0.25) is 10.0 Å². The van der Waals surface area contributed by atoms with Crippen LogP contribution in [0.25, 0.3) is 5.57 Å². The van der Waals surface area contributed by atoms with Crippen molar-refractivity contribution in [3.05, 3.63) is 81.9 Å². The number of phenolic OH excluding ortho intramolecular Hbond substituents is 1. The maximum absolute atomic E-state index is 13.6. The number of phenols is 1. The molecular weight excluding hydrogens is 441 g/mol. The van der Waals surface area contributed by atoms with Crippen LogP contribution < -0.4 is 4.72 Å². The van der Waals surface area contributed by atoms with Crippen molar-refractivity contribution in [1.29, 1.82) is 0 Å². The molecule has 1 heterocycles. The Kier molecular flexibility index (Phi) is 6.59. The van der Waals surface area contributed by atoms with Crippen LogP contribution >= 0.6 is 11.8 Å². The predicted molar refractivity (Wildman–Crippen MR) is 120 cm³/mol. The molecule has 2 aromatic rings. The third kappa shape index (κ3) is 5.00. The van der Waals surface area contributed by atoms with Gasteiger partial charge < -0.3 is 10.2 Å². The van der Waals surface area contributed by atoms with Gasteiger partial charge in [0.25, 0.3) is 0 Å². The second kappa shape index (κ2) is 8.86. The van der Waals surface area contributed by atoms with E-state index in [1.54, 1.807) is 56.3 Å². The Morgan fingerprint density at radius 3 is 2.39 bits per heavy atom. The lowest BCUT2D eigenvalue weighted by molar-refractivity contribution is -0.140. The lowest BCUT2D eigenvalue weighted by Crippen LogP contribution is -2.52. The molecule has 0 aromatic heterocycles. The van der Waals surface area contributed by atoms with Crippen LogP contribution in [0.4, 0.5) is 4.39 Å². The van der Waals surface area contributed by atoms with Crippen LogP contribution in [0, 0.1) is 5.82 Å². The van der Waals surface area contributed by atoms with E-state index in [9.17, 15) is 27.8 Å². The first-order valence-corrected chi connectivity index (χ1v) is 11.8. The molecule has 164 valence electrons. The Hall–Kier alpha value is -2.62. The number of benzene rings is 2. The Bertz CT molecular complexity index is 1160. The van der Waals surface area contributed by atoms with Crippen molar-refractivity contribution < 1.29 is 27.8 Å². The summed E-state index contributed by atoms with van der Waals surface area (Å²) >= 11 is 1.01. The van der Waals surface area contributed by atoms with Gasteiger partial charge in [0, 0.05) is 11.2 Å². The first kappa shape index (κ1) is 23.1. The summed E-state index contributed by atoms with van der Waals surface area (Å²) in [4.78, 5) is 12.0. The molecule has 0 spiro atoms. The van der Waals surface area contributed by atoms with Gasteiger partial charge in [0.1, 0.15) is 10.3 Å². The van der Waals surface area contributed by atoms with Crippen molar-refractivity contribution >= 4 is 33.3 Å². The van der Waals surface area contributed by atoms with Gasteiger partial charge in [0.05, 0.1) is 0 Å². The van der Waals surface area contributed by atoms with Crippen LogP contribution in [0.5, 0.6) is 5.75 Å². The summed E-state index contributed by atoms with van der Waals surface area (Å²) in [5.74, 6) is -2.26. The van der Waals surface area contributed by atoms with Crippen LogP contribution in [0.2, 0.25) is 0 Å². The molecule has 6 nitrogen and oxygen atoms in total. The van der Waals surface area contributed by atoms with Crippen molar-refractivity contribution in [3.8, 4) is 5.75 Å². The van der Waals surface area contributed by atoms with Crippen molar-refractivity contribution in [3.63, 3.8) is 0 Å². The van der Waals surface area contributed by atoms with Crippen LogP contribution in [-0.2, 0) is 20.2 Å². The first-order chi connectivity index (χ1) is 14.5. The molecule has 3 N–H and O–H groups in total. The highest BCUT2D eigenvalue weighted by molar-refractivity contribution is 8.18. The molecule has 2 aromatic carbocycles. The average molecular weight is 464 g/mol. The topological polar surface area (TPSA) is 104 Å². The minimum atomic E-state index is -4.10. The SMILES string of the molecule is CC(C)(c1ccccc1)C(NS(=O)(=O)C1=CC=C(c2ccc(O)c(F)c2)CS1)C(=O)O. The molecule has 1 aliphatic heterocycles. The largest absolute Gasteiger partial charge is 0.505 e.